The third-order valence-electron chi connectivity index (χ3n) is 1.62. The minimum absolute atomic E-state index is 0.631. The van der Waals surface area contributed by atoms with Gasteiger partial charge in [0.1, 0.15) is 0 Å². The molecular weight excluding hydrogens is 168 g/mol. The van der Waals surface area contributed by atoms with E-state index in [0.29, 0.717) is 11.8 Å². The average Bonchev–Trinajstić information content (AvgIpc) is 2.53. The zero-order valence-electron chi connectivity index (χ0n) is 8.37. The Morgan fingerprint density at radius 3 is 2.77 bits per heavy atom. The second kappa shape index (κ2) is 4.81. The number of rotatable bonds is 5. The zero-order chi connectivity index (χ0) is 9.68. The molecule has 5 heteroatoms. The van der Waals surface area contributed by atoms with Crippen LogP contribution in [0, 0.1) is 0 Å². The van der Waals surface area contributed by atoms with Gasteiger partial charge in [0, 0.05) is 27.1 Å². The van der Waals surface area contributed by atoms with Gasteiger partial charge in [-0.1, -0.05) is 6.92 Å². The van der Waals surface area contributed by atoms with Crippen molar-refractivity contribution in [2.24, 2.45) is 0 Å². The molecule has 1 aromatic rings. The first-order valence-corrected chi connectivity index (χ1v) is 4.44. The van der Waals surface area contributed by atoms with E-state index in [2.05, 4.69) is 22.4 Å². The Hall–Kier alpha value is -1.10. The Labute approximate surface area is 78.1 Å². The standard InChI is InChI=1S/C8H16N4O/c1-4-9-6-5-7-10-8(11-13-7)12(2)3/h9H,4-6H2,1-3H3. The van der Waals surface area contributed by atoms with Gasteiger partial charge >= 0.3 is 0 Å². The summed E-state index contributed by atoms with van der Waals surface area (Å²) in [5, 5.41) is 7.00. The summed E-state index contributed by atoms with van der Waals surface area (Å²) >= 11 is 0. The summed E-state index contributed by atoms with van der Waals surface area (Å²) in [7, 11) is 3.78. The molecule has 1 aromatic heterocycles. The van der Waals surface area contributed by atoms with E-state index in [1.54, 1.807) is 0 Å². The van der Waals surface area contributed by atoms with Crippen molar-refractivity contribution in [1.29, 1.82) is 0 Å². The molecule has 0 saturated heterocycles. The third kappa shape index (κ3) is 3.02. The molecule has 0 aliphatic heterocycles. The largest absolute Gasteiger partial charge is 0.344 e. The lowest BCUT2D eigenvalue weighted by atomic mass is 10.4. The normalized spacial score (nSPS) is 10.4. The van der Waals surface area contributed by atoms with Crippen LogP contribution in [0.1, 0.15) is 12.8 Å². The highest BCUT2D eigenvalue weighted by molar-refractivity contribution is 5.23. The van der Waals surface area contributed by atoms with Gasteiger partial charge in [0.25, 0.3) is 5.95 Å². The lowest BCUT2D eigenvalue weighted by molar-refractivity contribution is 0.376. The fraction of sp³-hybridized carbons (Fsp3) is 0.750. The Morgan fingerprint density at radius 1 is 1.46 bits per heavy atom. The van der Waals surface area contributed by atoms with Gasteiger partial charge in [-0.15, -0.1) is 0 Å². The van der Waals surface area contributed by atoms with Crippen molar-refractivity contribution in [3.8, 4) is 0 Å². The first-order chi connectivity index (χ1) is 6.24. The fourth-order valence-electron chi connectivity index (χ4n) is 0.901. The molecule has 0 aliphatic carbocycles. The Morgan fingerprint density at radius 2 is 2.23 bits per heavy atom. The van der Waals surface area contributed by atoms with E-state index in [1.165, 1.54) is 0 Å². The lowest BCUT2D eigenvalue weighted by Crippen LogP contribution is -2.16. The van der Waals surface area contributed by atoms with Gasteiger partial charge in [-0.25, -0.2) is 0 Å². The van der Waals surface area contributed by atoms with Crippen LogP contribution in [0.25, 0.3) is 0 Å². The van der Waals surface area contributed by atoms with Crippen LogP contribution < -0.4 is 10.2 Å². The molecule has 74 valence electrons. The van der Waals surface area contributed by atoms with Gasteiger partial charge in [-0.3, -0.25) is 0 Å². The van der Waals surface area contributed by atoms with E-state index in [4.69, 9.17) is 4.52 Å². The number of hydrogen-bond acceptors (Lipinski definition) is 5. The minimum atomic E-state index is 0.631. The summed E-state index contributed by atoms with van der Waals surface area (Å²) in [6.45, 7) is 3.92. The van der Waals surface area contributed by atoms with Crippen LogP contribution in [-0.2, 0) is 6.42 Å². The average molecular weight is 184 g/mol. The second-order valence-corrected chi connectivity index (χ2v) is 2.99. The first kappa shape index (κ1) is 9.98. The summed E-state index contributed by atoms with van der Waals surface area (Å²) in [5.74, 6) is 1.32. The predicted octanol–water partition coefficient (Wildman–Crippen LogP) is 0.288. The van der Waals surface area contributed by atoms with E-state index in [9.17, 15) is 0 Å². The molecule has 0 aromatic carbocycles. The van der Waals surface area contributed by atoms with Crippen LogP contribution in [0.15, 0.2) is 4.52 Å². The molecule has 0 radical (unpaired) electrons. The van der Waals surface area contributed by atoms with E-state index < -0.39 is 0 Å². The number of anilines is 1. The number of hydrogen-bond donors (Lipinski definition) is 1. The van der Waals surface area contributed by atoms with Gasteiger partial charge < -0.3 is 14.7 Å². The van der Waals surface area contributed by atoms with Crippen molar-refractivity contribution < 1.29 is 4.52 Å². The molecule has 0 spiro atoms. The summed E-state index contributed by atoms with van der Waals surface area (Å²) < 4.78 is 5.03. The highest BCUT2D eigenvalue weighted by atomic mass is 16.5. The quantitative estimate of drug-likeness (QED) is 0.666. The highest BCUT2D eigenvalue weighted by Gasteiger charge is 2.06. The van der Waals surface area contributed by atoms with Crippen LogP contribution >= 0.6 is 0 Å². The maximum atomic E-state index is 5.03. The maximum absolute atomic E-state index is 5.03. The third-order valence-corrected chi connectivity index (χ3v) is 1.62. The molecule has 13 heavy (non-hydrogen) atoms. The van der Waals surface area contributed by atoms with Crippen LogP contribution in [0.2, 0.25) is 0 Å². The molecule has 5 nitrogen and oxygen atoms in total. The van der Waals surface area contributed by atoms with Gasteiger partial charge in [-0.05, 0) is 11.7 Å². The lowest BCUT2D eigenvalue weighted by Gasteiger charge is -2.02. The summed E-state index contributed by atoms with van der Waals surface area (Å²) in [6, 6.07) is 0. The number of aromatic nitrogens is 2. The van der Waals surface area contributed by atoms with Crippen molar-refractivity contribution >= 4 is 5.95 Å². The summed E-state index contributed by atoms with van der Waals surface area (Å²) in [4.78, 5) is 6.01. The first-order valence-electron chi connectivity index (χ1n) is 4.44. The van der Waals surface area contributed by atoms with Crippen LogP contribution in [0.5, 0.6) is 0 Å². The maximum Gasteiger partial charge on any atom is 0.265 e. The highest BCUT2D eigenvalue weighted by Crippen LogP contribution is 2.04. The van der Waals surface area contributed by atoms with Crippen LogP contribution in [-0.4, -0.2) is 37.3 Å². The van der Waals surface area contributed by atoms with Crippen molar-refractivity contribution in [1.82, 2.24) is 15.5 Å². The van der Waals surface area contributed by atoms with Gasteiger partial charge in [-0.2, -0.15) is 4.98 Å². The smallest absolute Gasteiger partial charge is 0.265 e. The molecule has 0 saturated carbocycles. The summed E-state index contributed by atoms with van der Waals surface area (Å²) in [6.07, 6.45) is 0.786. The monoisotopic (exact) mass is 184 g/mol. The molecular formula is C8H16N4O. The Balaban J connectivity index is 2.40. The van der Waals surface area contributed by atoms with E-state index >= 15 is 0 Å². The number of nitrogens with one attached hydrogen (secondary N) is 1. The number of nitrogens with zero attached hydrogens (tertiary/aromatic N) is 3. The second-order valence-electron chi connectivity index (χ2n) is 2.99. The molecule has 1 heterocycles. The van der Waals surface area contributed by atoms with E-state index in [0.717, 1.165) is 19.5 Å². The fourth-order valence-corrected chi connectivity index (χ4v) is 0.901. The van der Waals surface area contributed by atoms with Gasteiger partial charge in [0.2, 0.25) is 5.89 Å². The summed E-state index contributed by atoms with van der Waals surface area (Å²) in [5.41, 5.74) is 0. The Kier molecular flexibility index (Phi) is 3.70. The SMILES string of the molecule is CCNCCc1nc(N(C)C)no1. The Bertz CT molecular complexity index is 246. The van der Waals surface area contributed by atoms with E-state index in [1.807, 2.05) is 19.0 Å². The van der Waals surface area contributed by atoms with Crippen molar-refractivity contribution in [2.45, 2.75) is 13.3 Å². The van der Waals surface area contributed by atoms with Gasteiger partial charge in [0.15, 0.2) is 0 Å². The predicted molar refractivity (Wildman–Crippen MR) is 50.9 cm³/mol. The van der Waals surface area contributed by atoms with Crippen LogP contribution in [0.4, 0.5) is 5.95 Å². The molecule has 1 rings (SSSR count). The van der Waals surface area contributed by atoms with Crippen LogP contribution in [0.3, 0.4) is 0 Å². The van der Waals surface area contributed by atoms with Gasteiger partial charge in [0.05, 0.1) is 0 Å². The van der Waals surface area contributed by atoms with Crippen molar-refractivity contribution in [3.63, 3.8) is 0 Å². The molecule has 0 atom stereocenters. The van der Waals surface area contributed by atoms with E-state index in [-0.39, 0.29) is 0 Å². The zero-order valence-corrected chi connectivity index (χ0v) is 8.37. The molecule has 0 bridgehead atoms. The van der Waals surface area contributed by atoms with Crippen molar-refractivity contribution in [3.05, 3.63) is 5.89 Å². The molecule has 0 fully saturated rings. The van der Waals surface area contributed by atoms with Crippen molar-refractivity contribution in [2.75, 3.05) is 32.1 Å². The molecule has 0 unspecified atom stereocenters. The topological polar surface area (TPSA) is 54.2 Å². The molecule has 1 N–H and O–H groups in total. The molecule has 0 amide bonds. The minimum Gasteiger partial charge on any atom is -0.344 e. The molecule has 0 aliphatic rings. The number of likely N-dealkylation sites (N-methyl/N-ethyl adjacent to an activating group) is 1.